The average molecular weight is 642 g/mol. The summed E-state index contributed by atoms with van der Waals surface area (Å²) in [5.41, 5.74) is 2.10. The minimum absolute atomic E-state index is 0.0681. The molecule has 8 nitrogen and oxygen atoms in total. The van der Waals surface area contributed by atoms with Gasteiger partial charge in [-0.2, -0.15) is 12.7 Å². The Morgan fingerprint density at radius 2 is 1.51 bits per heavy atom. The molecule has 218 valence electrons. The minimum Gasteiger partial charge on any atom is -0.352 e. The molecule has 0 bridgehead atoms. The number of nitrogens with one attached hydrogen (secondary N) is 1. The largest absolute Gasteiger partial charge is 0.352 e. The number of hydrogen-bond donors (Lipinski definition) is 1. The zero-order valence-electron chi connectivity index (χ0n) is 23.4. The summed E-state index contributed by atoms with van der Waals surface area (Å²) in [5.74, 6) is -0.701. The van der Waals surface area contributed by atoms with Crippen molar-refractivity contribution in [3.05, 3.63) is 101 Å². The molecule has 0 unspecified atom stereocenters. The second-order valence-electron chi connectivity index (χ2n) is 10.5. The molecule has 0 saturated heterocycles. The van der Waals surface area contributed by atoms with Crippen LogP contribution in [0.5, 0.6) is 0 Å². The summed E-state index contributed by atoms with van der Waals surface area (Å²) in [5, 5.41) is 3.18. The van der Waals surface area contributed by atoms with Gasteiger partial charge in [0.05, 0.1) is 5.69 Å². The Balaban J connectivity index is 1.74. The van der Waals surface area contributed by atoms with E-state index in [1.54, 1.807) is 30.3 Å². The van der Waals surface area contributed by atoms with E-state index < -0.39 is 28.7 Å². The third kappa shape index (κ3) is 8.18. The van der Waals surface area contributed by atoms with Crippen molar-refractivity contribution in [1.29, 1.82) is 0 Å². The lowest BCUT2D eigenvalue weighted by Crippen LogP contribution is -2.55. The van der Waals surface area contributed by atoms with Crippen molar-refractivity contribution in [2.24, 2.45) is 0 Å². The van der Waals surface area contributed by atoms with Gasteiger partial charge in [0.1, 0.15) is 12.6 Å². The SMILES string of the molecule is CN(C)S(=O)(=O)N(CC(=O)N(Cc1cccc(Br)c1)[C@@H](Cc1ccccc1)C(=O)NC1CCCC1)c1ccccc1. The normalized spacial score (nSPS) is 14.5. The highest BCUT2D eigenvalue weighted by Crippen LogP contribution is 2.23. The number of carbonyl (C=O) groups excluding carboxylic acids is 2. The molecule has 0 spiro atoms. The van der Waals surface area contributed by atoms with Crippen LogP contribution in [0, 0.1) is 0 Å². The Kier molecular flexibility index (Phi) is 10.6. The third-order valence-electron chi connectivity index (χ3n) is 7.28. The highest BCUT2D eigenvalue weighted by Gasteiger charge is 2.35. The van der Waals surface area contributed by atoms with Crippen LogP contribution in [-0.4, -0.2) is 62.2 Å². The molecule has 1 N–H and O–H groups in total. The molecule has 0 radical (unpaired) electrons. The fourth-order valence-electron chi connectivity index (χ4n) is 5.06. The second-order valence-corrected chi connectivity index (χ2v) is 13.5. The number of benzene rings is 3. The summed E-state index contributed by atoms with van der Waals surface area (Å²) in [6.45, 7) is -0.320. The Labute approximate surface area is 251 Å². The molecule has 0 heterocycles. The lowest BCUT2D eigenvalue weighted by Gasteiger charge is -2.35. The quantitative estimate of drug-likeness (QED) is 0.309. The van der Waals surface area contributed by atoms with Crippen LogP contribution in [0.1, 0.15) is 36.8 Å². The maximum Gasteiger partial charge on any atom is 0.304 e. The van der Waals surface area contributed by atoms with Crippen LogP contribution < -0.4 is 9.62 Å². The van der Waals surface area contributed by atoms with Gasteiger partial charge in [-0.1, -0.05) is 89.4 Å². The molecule has 1 aliphatic rings. The first-order valence-corrected chi connectivity index (χ1v) is 16.0. The van der Waals surface area contributed by atoms with Gasteiger partial charge in [-0.3, -0.25) is 9.59 Å². The van der Waals surface area contributed by atoms with E-state index in [-0.39, 0.29) is 18.5 Å². The van der Waals surface area contributed by atoms with E-state index in [1.165, 1.54) is 19.0 Å². The molecule has 1 aliphatic carbocycles. The standard InChI is InChI=1S/C31H37BrN4O4S/c1-34(2)41(39,40)36(28-18-7-4-8-19-28)23-30(37)35(22-25-14-11-15-26(32)20-25)29(21-24-12-5-3-6-13-24)31(38)33-27-16-9-10-17-27/h3-8,11-15,18-20,27,29H,9-10,16-17,21-23H2,1-2H3,(H,33,38)/t29-/m0/s1. The summed E-state index contributed by atoms with van der Waals surface area (Å²) in [6.07, 6.45) is 4.23. The highest BCUT2D eigenvalue weighted by molar-refractivity contribution is 9.10. The van der Waals surface area contributed by atoms with Crippen LogP contribution in [0.3, 0.4) is 0 Å². The molecular formula is C31H37BrN4O4S. The smallest absolute Gasteiger partial charge is 0.304 e. The van der Waals surface area contributed by atoms with E-state index in [2.05, 4.69) is 21.2 Å². The Bertz CT molecular complexity index is 1410. The number of nitrogens with zero attached hydrogens (tertiary/aromatic N) is 3. The van der Waals surface area contributed by atoms with Crippen molar-refractivity contribution in [3.8, 4) is 0 Å². The topological polar surface area (TPSA) is 90.0 Å². The Hall–Kier alpha value is -3.21. The van der Waals surface area contributed by atoms with Crippen LogP contribution in [0.25, 0.3) is 0 Å². The van der Waals surface area contributed by atoms with E-state index in [0.717, 1.165) is 49.9 Å². The van der Waals surface area contributed by atoms with Crippen molar-refractivity contribution in [1.82, 2.24) is 14.5 Å². The summed E-state index contributed by atoms with van der Waals surface area (Å²) in [7, 11) is -1.15. The van der Waals surface area contributed by atoms with E-state index in [9.17, 15) is 18.0 Å². The van der Waals surface area contributed by atoms with Gasteiger partial charge in [0.25, 0.3) is 0 Å². The zero-order chi connectivity index (χ0) is 29.4. The predicted molar refractivity (Wildman–Crippen MR) is 165 cm³/mol. The van der Waals surface area contributed by atoms with E-state index >= 15 is 0 Å². The second kappa shape index (κ2) is 14.1. The highest BCUT2D eigenvalue weighted by atomic mass is 79.9. The monoisotopic (exact) mass is 640 g/mol. The van der Waals surface area contributed by atoms with Crippen LogP contribution in [0.2, 0.25) is 0 Å². The van der Waals surface area contributed by atoms with Crippen molar-refractivity contribution in [2.45, 2.75) is 50.7 Å². The lowest BCUT2D eigenvalue weighted by molar-refractivity contribution is -0.140. The first-order chi connectivity index (χ1) is 19.6. The van der Waals surface area contributed by atoms with Crippen molar-refractivity contribution in [3.63, 3.8) is 0 Å². The lowest BCUT2D eigenvalue weighted by atomic mass is 10.0. The Morgan fingerprint density at radius 3 is 2.12 bits per heavy atom. The molecule has 10 heteroatoms. The molecule has 1 fully saturated rings. The van der Waals surface area contributed by atoms with E-state index in [1.807, 2.05) is 54.6 Å². The van der Waals surface area contributed by atoms with Crippen LogP contribution in [-0.2, 0) is 32.8 Å². The van der Waals surface area contributed by atoms with Gasteiger partial charge in [0.15, 0.2) is 0 Å². The van der Waals surface area contributed by atoms with Gasteiger partial charge < -0.3 is 10.2 Å². The van der Waals surface area contributed by atoms with Gasteiger partial charge in [-0.05, 0) is 48.2 Å². The molecular weight excluding hydrogens is 604 g/mol. The minimum atomic E-state index is -4.01. The number of carbonyl (C=O) groups is 2. The molecule has 1 saturated carbocycles. The summed E-state index contributed by atoms with van der Waals surface area (Å²) in [6, 6.07) is 24.9. The number of anilines is 1. The summed E-state index contributed by atoms with van der Waals surface area (Å²) < 4.78 is 29.8. The molecule has 3 aromatic rings. The van der Waals surface area contributed by atoms with Gasteiger partial charge in [0.2, 0.25) is 11.8 Å². The van der Waals surface area contributed by atoms with Crippen LogP contribution >= 0.6 is 15.9 Å². The third-order valence-corrected chi connectivity index (χ3v) is 9.59. The molecule has 2 amide bonds. The number of hydrogen-bond acceptors (Lipinski definition) is 4. The molecule has 0 aromatic heterocycles. The van der Waals surface area contributed by atoms with Gasteiger partial charge >= 0.3 is 10.2 Å². The van der Waals surface area contributed by atoms with Crippen molar-refractivity contribution in [2.75, 3.05) is 24.9 Å². The van der Waals surface area contributed by atoms with Gasteiger partial charge in [-0.15, -0.1) is 0 Å². The maximum absolute atomic E-state index is 14.3. The number of para-hydroxylation sites is 1. The number of halogens is 1. The molecule has 41 heavy (non-hydrogen) atoms. The summed E-state index contributed by atoms with van der Waals surface area (Å²) >= 11 is 3.50. The maximum atomic E-state index is 14.3. The first kappa shape index (κ1) is 30.7. The fraction of sp³-hybridized carbons (Fsp3) is 0.355. The van der Waals surface area contributed by atoms with Gasteiger partial charge in [0, 0.05) is 37.6 Å². The summed E-state index contributed by atoms with van der Waals surface area (Å²) in [4.78, 5) is 29.7. The first-order valence-electron chi connectivity index (χ1n) is 13.8. The van der Waals surface area contributed by atoms with Crippen LogP contribution in [0.15, 0.2) is 89.4 Å². The predicted octanol–water partition coefficient (Wildman–Crippen LogP) is 4.76. The zero-order valence-corrected chi connectivity index (χ0v) is 25.9. The number of rotatable bonds is 12. The van der Waals surface area contributed by atoms with Crippen LogP contribution in [0.4, 0.5) is 5.69 Å². The molecule has 3 aromatic carbocycles. The van der Waals surface area contributed by atoms with Crippen molar-refractivity contribution < 1.29 is 18.0 Å². The van der Waals surface area contributed by atoms with Gasteiger partial charge in [-0.25, -0.2) is 4.31 Å². The average Bonchev–Trinajstić information content (AvgIpc) is 3.47. The Morgan fingerprint density at radius 1 is 0.902 bits per heavy atom. The van der Waals surface area contributed by atoms with E-state index in [0.29, 0.717) is 12.1 Å². The number of amides is 2. The fourth-order valence-corrected chi connectivity index (χ4v) is 6.57. The molecule has 1 atom stereocenters. The van der Waals surface area contributed by atoms with E-state index in [4.69, 9.17) is 0 Å². The molecule has 0 aliphatic heterocycles. The molecule has 4 rings (SSSR count). The van der Waals surface area contributed by atoms with Crippen molar-refractivity contribution >= 4 is 43.6 Å².